The smallest absolute Gasteiger partial charge is 0.238 e. The summed E-state index contributed by atoms with van der Waals surface area (Å²) in [4.78, 5) is 14.3. The number of nitrogens with two attached hydrogens (primary N) is 1. The van der Waals surface area contributed by atoms with Crippen molar-refractivity contribution in [2.75, 3.05) is 11.4 Å². The number of amides is 1. The number of anilines is 1. The zero-order valence-corrected chi connectivity index (χ0v) is 12.6. The molecule has 1 amide bonds. The second-order valence-corrected chi connectivity index (χ2v) is 6.65. The first-order chi connectivity index (χ1) is 9.38. The van der Waals surface area contributed by atoms with Gasteiger partial charge in [-0.2, -0.15) is 0 Å². The Kier molecular flexibility index (Phi) is 4.15. The second-order valence-electron chi connectivity index (χ2n) is 5.09. The summed E-state index contributed by atoms with van der Waals surface area (Å²) < 4.78 is 22.7. The maximum Gasteiger partial charge on any atom is 0.238 e. The van der Waals surface area contributed by atoms with Crippen LogP contribution in [0.2, 0.25) is 0 Å². The van der Waals surface area contributed by atoms with Gasteiger partial charge in [0.25, 0.3) is 0 Å². The molecule has 0 bridgehead atoms. The Morgan fingerprint density at radius 3 is 2.55 bits per heavy atom. The summed E-state index contributed by atoms with van der Waals surface area (Å²) in [5.41, 5.74) is 1.69. The Bertz CT molecular complexity index is 621. The summed E-state index contributed by atoms with van der Waals surface area (Å²) in [6.07, 6.45) is 2.30. The number of carbonyl (C=O) groups is 1. The van der Waals surface area contributed by atoms with Gasteiger partial charge in [0.05, 0.1) is 4.90 Å². The number of primary sulfonamides is 1. The quantitative estimate of drug-likeness (QED) is 0.917. The van der Waals surface area contributed by atoms with Crippen molar-refractivity contribution < 1.29 is 13.2 Å². The van der Waals surface area contributed by atoms with E-state index < -0.39 is 10.0 Å². The minimum atomic E-state index is -3.69. The van der Waals surface area contributed by atoms with Crippen LogP contribution in [0.3, 0.4) is 0 Å². The number of rotatable bonds is 4. The fourth-order valence-electron chi connectivity index (χ4n) is 2.64. The Hall–Kier alpha value is -1.40. The Morgan fingerprint density at radius 2 is 2.00 bits per heavy atom. The van der Waals surface area contributed by atoms with Crippen molar-refractivity contribution in [3.63, 3.8) is 0 Å². The minimum absolute atomic E-state index is 0.0267. The lowest BCUT2D eigenvalue weighted by molar-refractivity contribution is -0.122. The van der Waals surface area contributed by atoms with Crippen LogP contribution in [-0.2, 0) is 21.2 Å². The van der Waals surface area contributed by atoms with Crippen molar-refractivity contribution in [1.29, 1.82) is 0 Å². The van der Waals surface area contributed by atoms with Crippen molar-refractivity contribution in [3.8, 4) is 0 Å². The monoisotopic (exact) mass is 296 g/mol. The summed E-state index contributed by atoms with van der Waals surface area (Å²) in [7, 11) is -3.69. The van der Waals surface area contributed by atoms with E-state index in [9.17, 15) is 13.2 Å². The van der Waals surface area contributed by atoms with E-state index in [1.165, 1.54) is 6.07 Å². The Balaban J connectivity index is 2.33. The summed E-state index contributed by atoms with van der Waals surface area (Å²) >= 11 is 0. The summed E-state index contributed by atoms with van der Waals surface area (Å²) in [6.45, 7) is 4.62. The van der Waals surface area contributed by atoms with Gasteiger partial charge in [0.1, 0.15) is 0 Å². The third kappa shape index (κ3) is 2.71. The van der Waals surface area contributed by atoms with E-state index in [-0.39, 0.29) is 16.7 Å². The third-order valence-corrected chi connectivity index (χ3v) is 4.79. The van der Waals surface area contributed by atoms with Gasteiger partial charge in [0.15, 0.2) is 0 Å². The summed E-state index contributed by atoms with van der Waals surface area (Å²) in [5, 5.41) is 5.13. The molecule has 20 heavy (non-hydrogen) atoms. The molecule has 1 aromatic rings. The normalized spacial score (nSPS) is 14.7. The minimum Gasteiger partial charge on any atom is -0.312 e. The van der Waals surface area contributed by atoms with Gasteiger partial charge < -0.3 is 4.90 Å². The van der Waals surface area contributed by atoms with Crippen molar-refractivity contribution in [2.45, 2.75) is 38.0 Å². The molecule has 1 aromatic carbocycles. The lowest BCUT2D eigenvalue weighted by Gasteiger charge is -2.22. The number of fused-ring (bicyclic) bond motifs is 1. The molecule has 2 rings (SSSR count). The highest BCUT2D eigenvalue weighted by Gasteiger charge is 2.29. The number of carbonyl (C=O) groups excluding carboxylic acids is 1. The maximum absolute atomic E-state index is 12.4. The maximum atomic E-state index is 12.4. The van der Waals surface area contributed by atoms with Crippen LogP contribution in [0, 0.1) is 5.92 Å². The highest BCUT2D eigenvalue weighted by atomic mass is 32.2. The van der Waals surface area contributed by atoms with Gasteiger partial charge in [-0.1, -0.05) is 13.8 Å². The second kappa shape index (κ2) is 5.54. The topological polar surface area (TPSA) is 80.5 Å². The van der Waals surface area contributed by atoms with Crippen LogP contribution in [0.15, 0.2) is 23.1 Å². The van der Waals surface area contributed by atoms with E-state index in [1.54, 1.807) is 17.0 Å². The van der Waals surface area contributed by atoms with Crippen molar-refractivity contribution >= 4 is 21.6 Å². The van der Waals surface area contributed by atoms with E-state index in [1.807, 2.05) is 13.8 Å². The lowest BCUT2D eigenvalue weighted by Crippen LogP contribution is -2.34. The number of hydrogen-bond acceptors (Lipinski definition) is 3. The number of hydrogen-bond donors (Lipinski definition) is 1. The molecule has 0 aliphatic carbocycles. The van der Waals surface area contributed by atoms with Crippen LogP contribution < -0.4 is 10.0 Å². The average molecular weight is 296 g/mol. The highest BCUT2D eigenvalue weighted by Crippen LogP contribution is 2.31. The van der Waals surface area contributed by atoms with Gasteiger partial charge in [-0.25, -0.2) is 13.6 Å². The van der Waals surface area contributed by atoms with E-state index in [0.29, 0.717) is 13.0 Å². The van der Waals surface area contributed by atoms with Crippen molar-refractivity contribution in [1.82, 2.24) is 0 Å². The molecule has 0 fully saturated rings. The van der Waals surface area contributed by atoms with Crippen molar-refractivity contribution in [2.24, 2.45) is 11.1 Å². The van der Waals surface area contributed by atoms with Crippen LogP contribution in [0.25, 0.3) is 0 Å². The largest absolute Gasteiger partial charge is 0.312 e. The van der Waals surface area contributed by atoms with Crippen LogP contribution in [0.4, 0.5) is 5.69 Å². The molecular formula is C14H20N2O3S. The fourth-order valence-corrected chi connectivity index (χ4v) is 3.21. The predicted molar refractivity (Wildman–Crippen MR) is 77.9 cm³/mol. The Morgan fingerprint density at radius 1 is 1.35 bits per heavy atom. The Labute approximate surface area is 119 Å². The molecule has 0 unspecified atom stereocenters. The first kappa shape index (κ1) is 15.0. The van der Waals surface area contributed by atoms with Gasteiger partial charge in [-0.3, -0.25) is 4.79 Å². The first-order valence-corrected chi connectivity index (χ1v) is 8.40. The van der Waals surface area contributed by atoms with E-state index >= 15 is 0 Å². The molecule has 1 aliphatic rings. The molecule has 0 atom stereocenters. The van der Waals surface area contributed by atoms with Crippen molar-refractivity contribution in [3.05, 3.63) is 23.8 Å². The van der Waals surface area contributed by atoms with Crippen LogP contribution in [0.1, 0.15) is 32.3 Å². The van der Waals surface area contributed by atoms with E-state index in [4.69, 9.17) is 5.14 Å². The molecule has 1 heterocycles. The van der Waals surface area contributed by atoms with E-state index in [2.05, 4.69) is 0 Å². The van der Waals surface area contributed by atoms with Gasteiger partial charge in [0, 0.05) is 18.2 Å². The average Bonchev–Trinajstić information content (AvgIpc) is 2.81. The molecule has 0 saturated carbocycles. The van der Waals surface area contributed by atoms with Gasteiger partial charge >= 0.3 is 0 Å². The summed E-state index contributed by atoms with van der Waals surface area (Å²) in [6, 6.07) is 4.72. The first-order valence-electron chi connectivity index (χ1n) is 6.85. The van der Waals surface area contributed by atoms with Gasteiger partial charge in [-0.15, -0.1) is 0 Å². The van der Waals surface area contributed by atoms with Gasteiger partial charge in [0.2, 0.25) is 15.9 Å². The summed E-state index contributed by atoms with van der Waals surface area (Å²) in [5.74, 6) is 0.149. The number of benzene rings is 1. The lowest BCUT2D eigenvalue weighted by atomic mass is 10.0. The molecule has 5 nitrogen and oxygen atoms in total. The standard InChI is InChI=1S/C14H20N2O3S/c1-3-10(4-2)14(17)16-8-7-11-9-12(20(15,18)19)5-6-13(11)16/h5-6,9-10H,3-4,7-8H2,1-2H3,(H2,15,18,19). The molecule has 110 valence electrons. The molecule has 2 N–H and O–H groups in total. The molecule has 0 aromatic heterocycles. The number of sulfonamides is 1. The fraction of sp³-hybridized carbons (Fsp3) is 0.500. The van der Waals surface area contributed by atoms with Crippen LogP contribution in [-0.4, -0.2) is 20.9 Å². The third-order valence-electron chi connectivity index (χ3n) is 3.88. The SMILES string of the molecule is CCC(CC)C(=O)N1CCc2cc(S(N)(=O)=O)ccc21. The van der Waals surface area contributed by atoms with Crippen LogP contribution >= 0.6 is 0 Å². The molecular weight excluding hydrogens is 276 g/mol. The predicted octanol–water partition coefficient (Wildman–Crippen LogP) is 1.66. The van der Waals surface area contributed by atoms with Crippen LogP contribution in [0.5, 0.6) is 0 Å². The molecule has 6 heteroatoms. The zero-order chi connectivity index (χ0) is 14.9. The van der Waals surface area contributed by atoms with E-state index in [0.717, 1.165) is 24.1 Å². The highest BCUT2D eigenvalue weighted by molar-refractivity contribution is 7.89. The molecule has 1 aliphatic heterocycles. The molecule has 0 saturated heterocycles. The number of nitrogens with zero attached hydrogens (tertiary/aromatic N) is 1. The van der Waals surface area contributed by atoms with Gasteiger partial charge in [-0.05, 0) is 43.0 Å². The zero-order valence-electron chi connectivity index (χ0n) is 11.8. The molecule has 0 radical (unpaired) electrons. The molecule has 0 spiro atoms.